The van der Waals surface area contributed by atoms with E-state index in [0.717, 1.165) is 5.56 Å². The van der Waals surface area contributed by atoms with Gasteiger partial charge in [-0.25, -0.2) is 5.43 Å². The molecule has 2 rings (SSSR count). The molecule has 0 heterocycles. The van der Waals surface area contributed by atoms with Crippen LogP contribution in [0.5, 0.6) is 5.75 Å². The van der Waals surface area contributed by atoms with Crippen molar-refractivity contribution in [1.82, 2.24) is 5.43 Å². The van der Waals surface area contributed by atoms with Crippen LogP contribution in [0.4, 0.5) is 0 Å². The lowest BCUT2D eigenvalue weighted by Gasteiger charge is -2.19. The number of carbonyl (C=O) groups excluding carboxylic acids is 1. The van der Waals surface area contributed by atoms with E-state index in [1.807, 2.05) is 24.3 Å². The Balaban J connectivity index is 1.87. The molecule has 0 unspecified atom stereocenters. The van der Waals surface area contributed by atoms with Crippen molar-refractivity contribution in [3.8, 4) is 11.8 Å². The Hall–Kier alpha value is -3.13. The van der Waals surface area contributed by atoms with Crippen LogP contribution in [0.1, 0.15) is 44.4 Å². The van der Waals surface area contributed by atoms with Gasteiger partial charge in [0, 0.05) is 0 Å². The molecule has 0 bridgehead atoms. The van der Waals surface area contributed by atoms with E-state index in [2.05, 4.69) is 37.4 Å². The van der Waals surface area contributed by atoms with Crippen LogP contribution < -0.4 is 10.2 Å². The maximum Gasteiger partial charge on any atom is 0.277 e. The van der Waals surface area contributed by atoms with Crippen LogP contribution in [0, 0.1) is 11.3 Å². The van der Waals surface area contributed by atoms with Crippen LogP contribution in [0.15, 0.2) is 53.6 Å². The summed E-state index contributed by atoms with van der Waals surface area (Å²) < 4.78 is 5.49. The highest BCUT2D eigenvalue weighted by Gasteiger charge is 2.13. The van der Waals surface area contributed by atoms with Crippen molar-refractivity contribution in [3.63, 3.8) is 0 Å². The number of rotatable bonds is 5. The number of hydrazone groups is 1. The first-order valence-electron chi connectivity index (χ1n) is 8.36. The smallest absolute Gasteiger partial charge is 0.277 e. The molecule has 0 spiro atoms. The fourth-order valence-electron chi connectivity index (χ4n) is 2.23. The molecule has 0 aromatic heterocycles. The van der Waals surface area contributed by atoms with Gasteiger partial charge in [0.15, 0.2) is 6.61 Å². The fraction of sp³-hybridized carbons (Fsp3) is 0.286. The van der Waals surface area contributed by atoms with E-state index in [1.54, 1.807) is 31.2 Å². The molecule has 0 saturated carbocycles. The quantitative estimate of drug-likeness (QED) is 0.659. The summed E-state index contributed by atoms with van der Waals surface area (Å²) in [7, 11) is 0. The minimum Gasteiger partial charge on any atom is -0.484 e. The molecule has 0 radical (unpaired) electrons. The number of nitriles is 1. The summed E-state index contributed by atoms with van der Waals surface area (Å²) in [6.45, 7) is 8.10. The highest BCUT2D eigenvalue weighted by atomic mass is 16.5. The lowest BCUT2D eigenvalue weighted by atomic mass is 9.87. The van der Waals surface area contributed by atoms with Crippen molar-refractivity contribution in [1.29, 1.82) is 5.26 Å². The topological polar surface area (TPSA) is 74.5 Å². The Labute approximate surface area is 154 Å². The summed E-state index contributed by atoms with van der Waals surface area (Å²) >= 11 is 0. The first-order chi connectivity index (χ1) is 12.3. The Morgan fingerprint density at radius 1 is 1.12 bits per heavy atom. The first-order valence-corrected chi connectivity index (χ1v) is 8.36. The molecule has 1 N–H and O–H groups in total. The van der Waals surface area contributed by atoms with Gasteiger partial charge in [0.2, 0.25) is 0 Å². The van der Waals surface area contributed by atoms with E-state index in [0.29, 0.717) is 17.0 Å². The van der Waals surface area contributed by atoms with Crippen LogP contribution in [-0.2, 0) is 10.2 Å². The minimum atomic E-state index is -0.335. The van der Waals surface area contributed by atoms with Crippen molar-refractivity contribution >= 4 is 11.6 Å². The molecule has 2 aromatic rings. The van der Waals surface area contributed by atoms with Gasteiger partial charge < -0.3 is 4.74 Å². The highest BCUT2D eigenvalue weighted by Crippen LogP contribution is 2.24. The molecule has 0 aliphatic rings. The first kappa shape index (κ1) is 19.2. The van der Waals surface area contributed by atoms with Crippen LogP contribution in [-0.4, -0.2) is 18.2 Å². The van der Waals surface area contributed by atoms with E-state index in [1.165, 1.54) is 5.56 Å². The second-order valence-corrected chi connectivity index (χ2v) is 6.98. The summed E-state index contributed by atoms with van der Waals surface area (Å²) in [4.78, 5) is 11.9. The summed E-state index contributed by atoms with van der Waals surface area (Å²) in [6.07, 6.45) is 0. The predicted molar refractivity (Wildman–Crippen MR) is 102 cm³/mol. The van der Waals surface area contributed by atoms with Crippen LogP contribution >= 0.6 is 0 Å². The van der Waals surface area contributed by atoms with Gasteiger partial charge in [-0.2, -0.15) is 10.4 Å². The standard InChI is InChI=1S/C21H23N3O2/c1-15(17-7-5-16(13-22)6-8-17)23-24-20(25)14-26-19-11-9-18(10-12-19)21(2,3)4/h5-12H,14H2,1-4H3,(H,24,25)/b23-15-. The number of hydrogen-bond acceptors (Lipinski definition) is 4. The Morgan fingerprint density at radius 2 is 1.73 bits per heavy atom. The third-order valence-electron chi connectivity index (χ3n) is 3.87. The number of nitrogens with zero attached hydrogens (tertiary/aromatic N) is 2. The van der Waals surface area contributed by atoms with Gasteiger partial charge >= 0.3 is 0 Å². The number of hydrogen-bond donors (Lipinski definition) is 1. The molecule has 1 amide bonds. The second-order valence-electron chi connectivity index (χ2n) is 6.98. The zero-order chi connectivity index (χ0) is 19.2. The zero-order valence-electron chi connectivity index (χ0n) is 15.5. The molecular weight excluding hydrogens is 326 g/mol. The van der Waals surface area contributed by atoms with Crippen molar-refractivity contribution in [2.45, 2.75) is 33.1 Å². The SMILES string of the molecule is C/C(=N/NC(=O)COc1ccc(C(C)(C)C)cc1)c1ccc(C#N)cc1. The molecule has 5 heteroatoms. The lowest BCUT2D eigenvalue weighted by molar-refractivity contribution is -0.123. The van der Waals surface area contributed by atoms with Gasteiger partial charge in [-0.05, 0) is 47.7 Å². The molecule has 0 atom stereocenters. The highest BCUT2D eigenvalue weighted by molar-refractivity contribution is 5.99. The van der Waals surface area contributed by atoms with Crippen LogP contribution in [0.25, 0.3) is 0 Å². The van der Waals surface area contributed by atoms with E-state index in [-0.39, 0.29) is 17.9 Å². The summed E-state index contributed by atoms with van der Waals surface area (Å²) in [5, 5.41) is 12.9. The van der Waals surface area contributed by atoms with Crippen molar-refractivity contribution < 1.29 is 9.53 Å². The van der Waals surface area contributed by atoms with Gasteiger partial charge in [-0.1, -0.05) is 45.0 Å². The largest absolute Gasteiger partial charge is 0.484 e. The average molecular weight is 349 g/mol. The molecule has 26 heavy (non-hydrogen) atoms. The molecular formula is C21H23N3O2. The third-order valence-corrected chi connectivity index (χ3v) is 3.87. The van der Waals surface area contributed by atoms with Gasteiger partial charge in [0.25, 0.3) is 5.91 Å². The van der Waals surface area contributed by atoms with E-state index in [9.17, 15) is 4.79 Å². The number of amides is 1. The second kappa shape index (κ2) is 8.30. The minimum absolute atomic E-state index is 0.0770. The lowest BCUT2D eigenvalue weighted by Crippen LogP contribution is -2.25. The Bertz CT molecular complexity index is 824. The predicted octanol–water partition coefficient (Wildman–Crippen LogP) is 3.77. The number of benzene rings is 2. The van der Waals surface area contributed by atoms with Gasteiger partial charge in [-0.3, -0.25) is 4.79 Å². The van der Waals surface area contributed by atoms with Gasteiger partial charge in [-0.15, -0.1) is 0 Å². The number of ether oxygens (including phenoxy) is 1. The summed E-state index contributed by atoms with van der Waals surface area (Å²) in [6, 6.07) is 16.8. The maximum absolute atomic E-state index is 11.9. The normalized spacial score (nSPS) is 11.6. The molecule has 0 aliphatic carbocycles. The average Bonchev–Trinajstić information content (AvgIpc) is 2.64. The third kappa shape index (κ3) is 5.45. The van der Waals surface area contributed by atoms with Crippen molar-refractivity contribution in [2.75, 3.05) is 6.61 Å². The molecule has 5 nitrogen and oxygen atoms in total. The Morgan fingerprint density at radius 3 is 2.27 bits per heavy atom. The monoisotopic (exact) mass is 349 g/mol. The number of carbonyl (C=O) groups is 1. The zero-order valence-corrected chi connectivity index (χ0v) is 15.5. The molecule has 0 fully saturated rings. The fourth-order valence-corrected chi connectivity index (χ4v) is 2.23. The molecule has 0 saturated heterocycles. The summed E-state index contributed by atoms with van der Waals surface area (Å²) in [5.74, 6) is 0.304. The number of nitrogens with one attached hydrogen (secondary N) is 1. The van der Waals surface area contributed by atoms with E-state index >= 15 is 0 Å². The van der Waals surface area contributed by atoms with Gasteiger partial charge in [0.05, 0.1) is 17.3 Å². The molecule has 0 aliphatic heterocycles. The Kier molecular flexibility index (Phi) is 6.13. The van der Waals surface area contributed by atoms with E-state index in [4.69, 9.17) is 10.00 Å². The van der Waals surface area contributed by atoms with Crippen LogP contribution in [0.3, 0.4) is 0 Å². The van der Waals surface area contributed by atoms with Crippen molar-refractivity contribution in [3.05, 3.63) is 65.2 Å². The molecule has 134 valence electrons. The molecule has 2 aromatic carbocycles. The maximum atomic E-state index is 11.9. The van der Waals surface area contributed by atoms with Gasteiger partial charge in [0.1, 0.15) is 5.75 Å². The summed E-state index contributed by atoms with van der Waals surface area (Å²) in [5.41, 5.74) is 5.82. The van der Waals surface area contributed by atoms with Crippen molar-refractivity contribution in [2.24, 2.45) is 5.10 Å². The van der Waals surface area contributed by atoms with Crippen LogP contribution in [0.2, 0.25) is 0 Å². The van der Waals surface area contributed by atoms with E-state index < -0.39 is 0 Å².